The van der Waals surface area contributed by atoms with E-state index < -0.39 is 17.1 Å². The number of hydrogen-bond acceptors (Lipinski definition) is 5. The zero-order valence-electron chi connectivity index (χ0n) is 12.4. The van der Waals surface area contributed by atoms with Crippen molar-refractivity contribution >= 4 is 24.0 Å². The molecule has 1 fully saturated rings. The Morgan fingerprint density at radius 1 is 1.55 bits per heavy atom. The molecule has 3 N–H and O–H groups in total. The largest absolute Gasteiger partial charge is 0.392 e. The van der Waals surface area contributed by atoms with Crippen molar-refractivity contribution in [2.45, 2.75) is 38.5 Å². The van der Waals surface area contributed by atoms with Crippen LogP contribution in [0.5, 0.6) is 0 Å². The fraction of sp³-hybridized carbons (Fsp3) is 0.500. The average molecular weight is 330 g/mol. The van der Waals surface area contributed by atoms with Gasteiger partial charge in [0.05, 0.1) is 23.1 Å². The molecule has 8 heteroatoms. The van der Waals surface area contributed by atoms with Crippen LogP contribution in [-0.4, -0.2) is 34.6 Å². The number of halogens is 1. The molecule has 7 nitrogen and oxygen atoms in total. The Morgan fingerprint density at radius 3 is 2.77 bits per heavy atom. The highest BCUT2D eigenvalue weighted by Crippen LogP contribution is 2.23. The number of nitro groups is 1. The molecule has 0 saturated carbocycles. The first-order valence-corrected chi connectivity index (χ1v) is 6.85. The van der Waals surface area contributed by atoms with Gasteiger partial charge in [0, 0.05) is 18.2 Å². The van der Waals surface area contributed by atoms with Crippen molar-refractivity contribution < 1.29 is 14.8 Å². The molecular formula is C14H20ClN3O4. The van der Waals surface area contributed by atoms with Gasteiger partial charge in [-0.25, -0.2) is 0 Å². The number of nitrogens with one attached hydrogen (secondary N) is 2. The molecule has 1 aromatic carbocycles. The van der Waals surface area contributed by atoms with Crippen LogP contribution in [0.1, 0.15) is 30.5 Å². The molecule has 1 aliphatic heterocycles. The summed E-state index contributed by atoms with van der Waals surface area (Å²) in [6.45, 7) is 3.86. The van der Waals surface area contributed by atoms with Crippen LogP contribution in [0.25, 0.3) is 0 Å². The topological polar surface area (TPSA) is 104 Å². The van der Waals surface area contributed by atoms with Crippen LogP contribution < -0.4 is 10.6 Å². The molecular weight excluding hydrogens is 310 g/mol. The summed E-state index contributed by atoms with van der Waals surface area (Å²) >= 11 is 0. The molecule has 3 atom stereocenters. The summed E-state index contributed by atoms with van der Waals surface area (Å²) in [4.78, 5) is 22.6. The number of aliphatic hydroxyl groups is 1. The monoisotopic (exact) mass is 329 g/mol. The van der Waals surface area contributed by atoms with Crippen molar-refractivity contribution in [1.29, 1.82) is 0 Å². The van der Waals surface area contributed by atoms with Gasteiger partial charge in [0.25, 0.3) is 5.69 Å². The van der Waals surface area contributed by atoms with E-state index in [0.717, 1.165) is 0 Å². The number of nitro benzene ring substituents is 1. The van der Waals surface area contributed by atoms with Crippen LogP contribution in [0.4, 0.5) is 5.69 Å². The first-order valence-electron chi connectivity index (χ1n) is 6.85. The van der Waals surface area contributed by atoms with E-state index in [1.54, 1.807) is 26.0 Å². The van der Waals surface area contributed by atoms with Crippen LogP contribution in [-0.2, 0) is 4.79 Å². The molecule has 2 rings (SSSR count). The van der Waals surface area contributed by atoms with Crippen LogP contribution >= 0.6 is 12.4 Å². The lowest BCUT2D eigenvalue weighted by Crippen LogP contribution is -2.41. The van der Waals surface area contributed by atoms with Crippen LogP contribution in [0.15, 0.2) is 18.2 Å². The number of β-amino-alcohol motifs (C(OH)–C–C–N with tert-alkyl or cyclic N) is 1. The number of aliphatic hydroxyl groups excluding tert-OH is 1. The number of hydrogen-bond donors (Lipinski definition) is 3. The van der Waals surface area contributed by atoms with Gasteiger partial charge in [-0.1, -0.05) is 12.1 Å². The van der Waals surface area contributed by atoms with E-state index in [1.165, 1.54) is 6.07 Å². The molecule has 0 radical (unpaired) electrons. The highest BCUT2D eigenvalue weighted by atomic mass is 35.5. The Labute approximate surface area is 134 Å². The molecule has 1 aromatic rings. The molecule has 1 heterocycles. The van der Waals surface area contributed by atoms with Gasteiger partial charge in [-0.3, -0.25) is 14.9 Å². The first kappa shape index (κ1) is 18.3. The van der Waals surface area contributed by atoms with Gasteiger partial charge in [0.15, 0.2) is 0 Å². The Hall–Kier alpha value is -1.70. The Bertz CT molecular complexity index is 567. The van der Waals surface area contributed by atoms with Crippen molar-refractivity contribution in [1.82, 2.24) is 10.6 Å². The second kappa shape index (κ2) is 7.53. The number of amides is 1. The van der Waals surface area contributed by atoms with Crippen LogP contribution in [0, 0.1) is 17.0 Å². The van der Waals surface area contributed by atoms with E-state index in [4.69, 9.17) is 0 Å². The van der Waals surface area contributed by atoms with E-state index in [1.807, 2.05) is 0 Å². The minimum Gasteiger partial charge on any atom is -0.392 e. The molecule has 1 saturated heterocycles. The number of rotatable bonds is 4. The Morgan fingerprint density at radius 2 is 2.23 bits per heavy atom. The van der Waals surface area contributed by atoms with E-state index in [0.29, 0.717) is 24.1 Å². The maximum atomic E-state index is 12.0. The van der Waals surface area contributed by atoms with Crippen molar-refractivity contribution in [2.75, 3.05) is 6.54 Å². The zero-order chi connectivity index (χ0) is 15.6. The molecule has 0 aliphatic carbocycles. The van der Waals surface area contributed by atoms with Crippen LogP contribution in [0.3, 0.4) is 0 Å². The minimum absolute atomic E-state index is 0. The third-order valence-corrected chi connectivity index (χ3v) is 3.71. The summed E-state index contributed by atoms with van der Waals surface area (Å²) in [5, 5.41) is 26.1. The SMILES string of the molecule is Cc1ccc(C(C)NC(=O)C2CC(O)CN2)cc1[N+](=O)[O-].Cl. The lowest BCUT2D eigenvalue weighted by Gasteiger charge is -2.17. The quantitative estimate of drug-likeness (QED) is 0.569. The lowest BCUT2D eigenvalue weighted by molar-refractivity contribution is -0.385. The fourth-order valence-electron chi connectivity index (χ4n) is 2.41. The molecule has 0 aromatic heterocycles. The van der Waals surface area contributed by atoms with E-state index >= 15 is 0 Å². The van der Waals surface area contributed by atoms with E-state index in [9.17, 15) is 20.0 Å². The predicted octanol–water partition coefficient (Wildman–Crippen LogP) is 1.23. The highest BCUT2D eigenvalue weighted by molar-refractivity contribution is 5.85. The number of benzene rings is 1. The Balaban J connectivity index is 0.00000242. The molecule has 0 spiro atoms. The predicted molar refractivity (Wildman–Crippen MR) is 84.1 cm³/mol. The summed E-state index contributed by atoms with van der Waals surface area (Å²) in [5.74, 6) is -0.206. The van der Waals surface area contributed by atoms with E-state index in [-0.39, 0.29) is 30.0 Å². The third kappa shape index (κ3) is 4.16. The molecule has 122 valence electrons. The zero-order valence-corrected chi connectivity index (χ0v) is 13.2. The van der Waals surface area contributed by atoms with Gasteiger partial charge in [-0.15, -0.1) is 12.4 Å². The normalized spacial score (nSPS) is 21.8. The van der Waals surface area contributed by atoms with Gasteiger partial charge in [0.2, 0.25) is 5.91 Å². The second-order valence-electron chi connectivity index (χ2n) is 5.38. The van der Waals surface area contributed by atoms with Crippen molar-refractivity contribution in [3.05, 3.63) is 39.4 Å². The van der Waals surface area contributed by atoms with Gasteiger partial charge in [0.1, 0.15) is 0 Å². The molecule has 0 bridgehead atoms. The van der Waals surface area contributed by atoms with Crippen molar-refractivity contribution in [3.63, 3.8) is 0 Å². The maximum Gasteiger partial charge on any atom is 0.272 e. The third-order valence-electron chi connectivity index (χ3n) is 3.71. The molecule has 1 amide bonds. The van der Waals surface area contributed by atoms with Gasteiger partial charge in [-0.05, 0) is 25.8 Å². The first-order chi connectivity index (χ1) is 9.88. The molecule has 22 heavy (non-hydrogen) atoms. The summed E-state index contributed by atoms with van der Waals surface area (Å²) < 4.78 is 0. The number of carbonyl (C=O) groups excluding carboxylic acids is 1. The fourth-order valence-corrected chi connectivity index (χ4v) is 2.41. The maximum absolute atomic E-state index is 12.0. The summed E-state index contributed by atoms with van der Waals surface area (Å²) in [6, 6.07) is 4.17. The van der Waals surface area contributed by atoms with Gasteiger partial charge in [-0.2, -0.15) is 0 Å². The van der Waals surface area contributed by atoms with Crippen molar-refractivity contribution in [3.8, 4) is 0 Å². The summed E-state index contributed by atoms with van der Waals surface area (Å²) in [5.41, 5.74) is 1.31. The summed E-state index contributed by atoms with van der Waals surface area (Å²) in [7, 11) is 0. The average Bonchev–Trinajstić information content (AvgIpc) is 2.85. The number of aryl methyl sites for hydroxylation is 1. The second-order valence-corrected chi connectivity index (χ2v) is 5.38. The van der Waals surface area contributed by atoms with Gasteiger partial charge < -0.3 is 15.7 Å². The standard InChI is InChI=1S/C14H19N3O4.ClH/c1-8-3-4-10(5-13(8)17(20)21)9(2)16-14(19)12-6-11(18)7-15-12;/h3-5,9,11-12,15,18H,6-7H2,1-2H3,(H,16,19);1H. The minimum atomic E-state index is -0.503. The van der Waals surface area contributed by atoms with Crippen molar-refractivity contribution in [2.24, 2.45) is 0 Å². The highest BCUT2D eigenvalue weighted by Gasteiger charge is 2.29. The number of carbonyl (C=O) groups is 1. The van der Waals surface area contributed by atoms with Crippen LogP contribution in [0.2, 0.25) is 0 Å². The van der Waals surface area contributed by atoms with E-state index in [2.05, 4.69) is 10.6 Å². The summed E-state index contributed by atoms with van der Waals surface area (Å²) in [6.07, 6.45) is -0.122. The number of nitrogens with zero attached hydrogens (tertiary/aromatic N) is 1. The lowest BCUT2D eigenvalue weighted by atomic mass is 10.0. The molecule has 1 aliphatic rings. The van der Waals surface area contributed by atoms with Gasteiger partial charge >= 0.3 is 0 Å². The Kier molecular flexibility index (Phi) is 6.28. The molecule has 3 unspecified atom stereocenters. The smallest absolute Gasteiger partial charge is 0.272 e.